The van der Waals surface area contributed by atoms with Gasteiger partial charge in [-0.05, 0) is 44.0 Å². The first-order valence-electron chi connectivity index (χ1n) is 7.44. The van der Waals surface area contributed by atoms with Crippen LogP contribution in [0.5, 0.6) is 5.75 Å². The summed E-state index contributed by atoms with van der Waals surface area (Å²) in [6.45, 7) is 2.40. The highest BCUT2D eigenvalue weighted by atomic mass is 16.5. The minimum Gasteiger partial charge on any atom is -0.489 e. The molecule has 1 spiro atoms. The van der Waals surface area contributed by atoms with Gasteiger partial charge in [-0.15, -0.1) is 0 Å². The summed E-state index contributed by atoms with van der Waals surface area (Å²) < 4.78 is 11.3. The van der Waals surface area contributed by atoms with Crippen molar-refractivity contribution in [2.45, 2.75) is 38.4 Å². The molecule has 4 rings (SSSR count). The van der Waals surface area contributed by atoms with Crippen LogP contribution in [0.15, 0.2) is 18.2 Å². The predicted molar refractivity (Wildman–Crippen MR) is 73.7 cm³/mol. The molecule has 0 radical (unpaired) electrons. The lowest BCUT2D eigenvalue weighted by molar-refractivity contribution is -0.0403. The molecule has 1 N–H and O–H groups in total. The van der Waals surface area contributed by atoms with E-state index in [1.165, 1.54) is 25.7 Å². The van der Waals surface area contributed by atoms with E-state index in [1.807, 2.05) is 18.2 Å². The highest BCUT2D eigenvalue weighted by Crippen LogP contribution is 2.49. The average Bonchev–Trinajstić information content (AvgIpc) is 2.79. The first-order chi connectivity index (χ1) is 9.77. The highest BCUT2D eigenvalue weighted by molar-refractivity contribution is 5.93. The molecule has 4 nitrogen and oxygen atoms in total. The molecule has 20 heavy (non-hydrogen) atoms. The molecule has 4 heteroatoms. The Kier molecular flexibility index (Phi) is 2.74. The van der Waals surface area contributed by atoms with Crippen molar-refractivity contribution in [1.82, 2.24) is 5.32 Å². The quantitative estimate of drug-likeness (QED) is 0.840. The Labute approximate surface area is 118 Å². The van der Waals surface area contributed by atoms with E-state index in [1.54, 1.807) is 0 Å². The van der Waals surface area contributed by atoms with Crippen molar-refractivity contribution in [3.63, 3.8) is 0 Å². The number of ether oxygens (including phenoxy) is 2. The fourth-order valence-corrected chi connectivity index (χ4v) is 3.66. The predicted octanol–water partition coefficient (Wildman–Crippen LogP) is 2.27. The zero-order chi connectivity index (χ0) is 13.6. The number of piperidine rings is 1. The molecule has 0 bridgehead atoms. The smallest absolute Gasteiger partial charge is 0.338 e. The molecule has 1 saturated heterocycles. The molecule has 2 aliphatic heterocycles. The van der Waals surface area contributed by atoms with Crippen LogP contribution < -0.4 is 10.1 Å². The van der Waals surface area contributed by atoms with Crippen LogP contribution in [0, 0.1) is 5.41 Å². The van der Waals surface area contributed by atoms with Crippen LogP contribution in [0.3, 0.4) is 0 Å². The van der Waals surface area contributed by atoms with Gasteiger partial charge >= 0.3 is 5.97 Å². The monoisotopic (exact) mass is 273 g/mol. The Balaban J connectivity index is 1.55. The molecule has 1 aromatic rings. The van der Waals surface area contributed by atoms with Gasteiger partial charge in [0.2, 0.25) is 0 Å². The standard InChI is InChI=1S/C16H19NO3/c18-15-13-3-2-12(8-11(13)10-19-15)20-14-9-17-7-6-16(14)4-1-5-16/h2-3,8,14,17H,1,4-7,9-10H2. The lowest BCUT2D eigenvalue weighted by atomic mass is 9.62. The number of rotatable bonds is 2. The molecule has 2 fully saturated rings. The summed E-state index contributed by atoms with van der Waals surface area (Å²) in [4.78, 5) is 11.5. The van der Waals surface area contributed by atoms with Gasteiger partial charge in [-0.2, -0.15) is 0 Å². The van der Waals surface area contributed by atoms with Crippen LogP contribution in [-0.4, -0.2) is 25.2 Å². The maximum atomic E-state index is 11.5. The van der Waals surface area contributed by atoms with Crippen molar-refractivity contribution >= 4 is 5.97 Å². The van der Waals surface area contributed by atoms with E-state index in [4.69, 9.17) is 9.47 Å². The summed E-state index contributed by atoms with van der Waals surface area (Å²) in [7, 11) is 0. The fraction of sp³-hybridized carbons (Fsp3) is 0.562. The van der Waals surface area contributed by atoms with Crippen LogP contribution in [-0.2, 0) is 11.3 Å². The Hall–Kier alpha value is -1.55. The fourth-order valence-electron chi connectivity index (χ4n) is 3.66. The molecule has 1 atom stereocenters. The van der Waals surface area contributed by atoms with Gasteiger partial charge in [-0.3, -0.25) is 0 Å². The van der Waals surface area contributed by atoms with Crippen LogP contribution in [0.1, 0.15) is 41.6 Å². The molecule has 0 amide bonds. The van der Waals surface area contributed by atoms with Gasteiger partial charge in [0.05, 0.1) is 5.56 Å². The van der Waals surface area contributed by atoms with Crippen LogP contribution >= 0.6 is 0 Å². The average molecular weight is 273 g/mol. The third-order valence-corrected chi connectivity index (χ3v) is 5.10. The van der Waals surface area contributed by atoms with E-state index in [9.17, 15) is 4.79 Å². The molecule has 0 aromatic heterocycles. The van der Waals surface area contributed by atoms with Crippen molar-refractivity contribution in [2.24, 2.45) is 5.41 Å². The van der Waals surface area contributed by atoms with Gasteiger partial charge in [-0.25, -0.2) is 4.79 Å². The van der Waals surface area contributed by atoms with E-state index in [2.05, 4.69) is 5.32 Å². The van der Waals surface area contributed by atoms with Crippen molar-refractivity contribution < 1.29 is 14.3 Å². The molecule has 2 heterocycles. The molecule has 1 aliphatic carbocycles. The summed E-state index contributed by atoms with van der Waals surface area (Å²) in [5, 5.41) is 3.43. The number of fused-ring (bicyclic) bond motifs is 1. The second-order valence-electron chi connectivity index (χ2n) is 6.17. The Bertz CT molecular complexity index is 551. The first kappa shape index (κ1) is 12.2. The van der Waals surface area contributed by atoms with Gasteiger partial charge < -0.3 is 14.8 Å². The van der Waals surface area contributed by atoms with Crippen molar-refractivity contribution in [1.29, 1.82) is 0 Å². The lowest BCUT2D eigenvalue weighted by Gasteiger charge is -2.50. The number of hydrogen-bond donors (Lipinski definition) is 1. The van der Waals surface area contributed by atoms with Crippen molar-refractivity contribution in [3.05, 3.63) is 29.3 Å². The summed E-state index contributed by atoms with van der Waals surface area (Å²) >= 11 is 0. The number of carbonyl (C=O) groups excluding carboxylic acids is 1. The zero-order valence-electron chi connectivity index (χ0n) is 11.5. The maximum absolute atomic E-state index is 11.5. The number of nitrogens with one attached hydrogen (secondary N) is 1. The molecule has 1 aromatic carbocycles. The third-order valence-electron chi connectivity index (χ3n) is 5.10. The van der Waals surface area contributed by atoms with Gasteiger partial charge in [0.25, 0.3) is 0 Å². The maximum Gasteiger partial charge on any atom is 0.338 e. The van der Waals surface area contributed by atoms with Gasteiger partial charge in [0.1, 0.15) is 18.5 Å². The molecular formula is C16H19NO3. The SMILES string of the molecule is O=C1OCc2cc(OC3CNCCC34CCC4)ccc21. The topological polar surface area (TPSA) is 47.6 Å². The number of cyclic esters (lactones) is 1. The molecule has 3 aliphatic rings. The van der Waals surface area contributed by atoms with E-state index in [0.717, 1.165) is 24.4 Å². The van der Waals surface area contributed by atoms with E-state index in [-0.39, 0.29) is 12.1 Å². The normalized spacial score (nSPS) is 26.8. The Morgan fingerprint density at radius 3 is 3.00 bits per heavy atom. The Morgan fingerprint density at radius 1 is 1.30 bits per heavy atom. The van der Waals surface area contributed by atoms with Crippen LogP contribution in [0.4, 0.5) is 0 Å². The first-order valence-corrected chi connectivity index (χ1v) is 7.44. The van der Waals surface area contributed by atoms with E-state index < -0.39 is 0 Å². The Morgan fingerprint density at radius 2 is 2.20 bits per heavy atom. The lowest BCUT2D eigenvalue weighted by Crippen LogP contribution is -2.55. The summed E-state index contributed by atoms with van der Waals surface area (Å²) in [5.41, 5.74) is 2.01. The number of carbonyl (C=O) groups is 1. The third kappa shape index (κ3) is 1.82. The summed E-state index contributed by atoms with van der Waals surface area (Å²) in [5.74, 6) is 0.642. The van der Waals surface area contributed by atoms with Crippen molar-refractivity contribution in [3.8, 4) is 5.75 Å². The zero-order valence-corrected chi connectivity index (χ0v) is 11.5. The number of hydrogen-bond acceptors (Lipinski definition) is 4. The minimum absolute atomic E-state index is 0.221. The van der Waals surface area contributed by atoms with E-state index >= 15 is 0 Å². The van der Waals surface area contributed by atoms with Crippen LogP contribution in [0.2, 0.25) is 0 Å². The largest absolute Gasteiger partial charge is 0.489 e. The van der Waals surface area contributed by atoms with E-state index in [0.29, 0.717) is 17.6 Å². The highest BCUT2D eigenvalue weighted by Gasteiger charge is 2.46. The second kappa shape index (κ2) is 4.48. The molecule has 1 unspecified atom stereocenters. The summed E-state index contributed by atoms with van der Waals surface area (Å²) in [6, 6.07) is 5.68. The number of esters is 1. The second-order valence-corrected chi connectivity index (χ2v) is 6.17. The van der Waals surface area contributed by atoms with Crippen molar-refractivity contribution in [2.75, 3.05) is 13.1 Å². The van der Waals surface area contributed by atoms with Crippen LogP contribution in [0.25, 0.3) is 0 Å². The molecule has 1 saturated carbocycles. The molecule has 106 valence electrons. The number of benzene rings is 1. The minimum atomic E-state index is -0.221. The van der Waals surface area contributed by atoms with Gasteiger partial charge in [-0.1, -0.05) is 6.42 Å². The van der Waals surface area contributed by atoms with Gasteiger partial charge in [0.15, 0.2) is 0 Å². The summed E-state index contributed by atoms with van der Waals surface area (Å²) in [6.07, 6.45) is 5.36. The molecular weight excluding hydrogens is 254 g/mol. The van der Waals surface area contributed by atoms with Gasteiger partial charge in [0, 0.05) is 17.5 Å².